The molecule has 0 atom stereocenters. The van der Waals surface area contributed by atoms with Gasteiger partial charge in [-0.3, -0.25) is 4.79 Å². The molecule has 120 valence electrons. The second-order valence-electron chi connectivity index (χ2n) is 5.41. The lowest BCUT2D eigenvalue weighted by Gasteiger charge is -2.08. The first-order valence-electron chi connectivity index (χ1n) is 7.55. The minimum absolute atomic E-state index is 0.314. The topological polar surface area (TPSA) is 54.9 Å². The van der Waals surface area contributed by atoms with E-state index in [4.69, 9.17) is 0 Å². The number of amides is 1. The largest absolute Gasteiger partial charge is 0.322 e. The fraction of sp³-hybridized carbons (Fsp3) is 0.105. The third-order valence-electron chi connectivity index (χ3n) is 3.58. The van der Waals surface area contributed by atoms with E-state index in [0.717, 1.165) is 5.56 Å². The number of hydrogen-bond acceptors (Lipinski definition) is 3. The van der Waals surface area contributed by atoms with Gasteiger partial charge in [0.2, 0.25) is 0 Å². The number of halogens is 1. The molecule has 0 fully saturated rings. The lowest BCUT2D eigenvalue weighted by atomic mass is 10.1. The van der Waals surface area contributed by atoms with Crippen LogP contribution in [0.4, 0.5) is 10.1 Å². The van der Waals surface area contributed by atoms with Gasteiger partial charge in [0.15, 0.2) is 0 Å². The van der Waals surface area contributed by atoms with Gasteiger partial charge in [-0.05, 0) is 36.8 Å². The molecule has 4 nitrogen and oxygen atoms in total. The van der Waals surface area contributed by atoms with Crippen LogP contribution in [-0.2, 0) is 6.42 Å². The van der Waals surface area contributed by atoms with Crippen LogP contribution in [0.2, 0.25) is 0 Å². The van der Waals surface area contributed by atoms with Gasteiger partial charge in [-0.1, -0.05) is 30.3 Å². The number of carbonyl (C=O) groups is 1. The number of carbonyl (C=O) groups excluding carboxylic acids is 1. The molecular weight excluding hydrogens is 305 g/mol. The molecule has 1 aromatic heterocycles. The maximum absolute atomic E-state index is 12.9. The first kappa shape index (κ1) is 15.8. The Kier molecular flexibility index (Phi) is 4.61. The van der Waals surface area contributed by atoms with E-state index in [-0.39, 0.29) is 11.7 Å². The second kappa shape index (κ2) is 7.00. The van der Waals surface area contributed by atoms with Gasteiger partial charge in [0, 0.05) is 18.3 Å². The molecular formula is C19H16FN3O. The summed E-state index contributed by atoms with van der Waals surface area (Å²) in [6.07, 6.45) is 2.14. The lowest BCUT2D eigenvalue weighted by molar-refractivity contribution is 0.102. The molecule has 1 heterocycles. The minimum Gasteiger partial charge on any atom is -0.322 e. The zero-order valence-corrected chi connectivity index (χ0v) is 13.2. The number of aryl methyl sites for hydroxylation is 1. The molecule has 2 aromatic carbocycles. The van der Waals surface area contributed by atoms with E-state index in [1.807, 2.05) is 30.3 Å². The lowest BCUT2D eigenvalue weighted by Crippen LogP contribution is -2.15. The van der Waals surface area contributed by atoms with E-state index >= 15 is 0 Å². The van der Waals surface area contributed by atoms with Crippen molar-refractivity contribution in [1.29, 1.82) is 0 Å². The Morgan fingerprint density at radius 3 is 2.46 bits per heavy atom. The van der Waals surface area contributed by atoms with Crippen molar-refractivity contribution in [3.8, 4) is 0 Å². The SMILES string of the molecule is Cc1nc(Cc2ccccc2)ncc1C(=O)Nc1ccc(F)cc1. The molecule has 0 aliphatic heterocycles. The molecule has 0 saturated heterocycles. The predicted octanol–water partition coefficient (Wildman–Crippen LogP) is 3.77. The zero-order chi connectivity index (χ0) is 16.9. The van der Waals surface area contributed by atoms with E-state index in [2.05, 4.69) is 15.3 Å². The smallest absolute Gasteiger partial charge is 0.259 e. The van der Waals surface area contributed by atoms with Crippen molar-refractivity contribution in [2.24, 2.45) is 0 Å². The average Bonchev–Trinajstić information content (AvgIpc) is 2.58. The summed E-state index contributed by atoms with van der Waals surface area (Å²) in [4.78, 5) is 21.0. The van der Waals surface area contributed by atoms with Gasteiger partial charge in [-0.15, -0.1) is 0 Å². The molecule has 0 aliphatic rings. The molecule has 0 unspecified atom stereocenters. The van der Waals surface area contributed by atoms with Gasteiger partial charge < -0.3 is 5.32 Å². The Labute approximate surface area is 139 Å². The summed E-state index contributed by atoms with van der Waals surface area (Å²) < 4.78 is 12.9. The van der Waals surface area contributed by atoms with E-state index in [9.17, 15) is 9.18 Å². The van der Waals surface area contributed by atoms with Crippen LogP contribution in [0, 0.1) is 12.7 Å². The van der Waals surface area contributed by atoms with E-state index in [1.54, 1.807) is 6.92 Å². The molecule has 24 heavy (non-hydrogen) atoms. The van der Waals surface area contributed by atoms with Crippen molar-refractivity contribution >= 4 is 11.6 Å². The highest BCUT2D eigenvalue weighted by Gasteiger charge is 2.12. The quantitative estimate of drug-likeness (QED) is 0.796. The monoisotopic (exact) mass is 321 g/mol. The van der Waals surface area contributed by atoms with Gasteiger partial charge in [-0.25, -0.2) is 14.4 Å². The number of benzene rings is 2. The summed E-state index contributed by atoms with van der Waals surface area (Å²) in [6, 6.07) is 15.5. The predicted molar refractivity (Wildman–Crippen MR) is 90.4 cm³/mol. The number of anilines is 1. The normalized spacial score (nSPS) is 10.4. The highest BCUT2D eigenvalue weighted by molar-refractivity contribution is 6.04. The van der Waals surface area contributed by atoms with Crippen molar-refractivity contribution < 1.29 is 9.18 Å². The van der Waals surface area contributed by atoms with Crippen LogP contribution >= 0.6 is 0 Å². The second-order valence-corrected chi connectivity index (χ2v) is 5.41. The summed E-state index contributed by atoms with van der Waals surface area (Å²) in [6.45, 7) is 1.77. The average molecular weight is 321 g/mol. The van der Waals surface area contributed by atoms with Crippen LogP contribution in [0.25, 0.3) is 0 Å². The van der Waals surface area contributed by atoms with E-state index in [1.165, 1.54) is 30.5 Å². The Hall–Kier alpha value is -3.08. The molecule has 0 radical (unpaired) electrons. The van der Waals surface area contributed by atoms with Crippen LogP contribution < -0.4 is 5.32 Å². The van der Waals surface area contributed by atoms with Crippen LogP contribution in [0.3, 0.4) is 0 Å². The first-order chi connectivity index (χ1) is 11.6. The minimum atomic E-state index is -0.349. The summed E-state index contributed by atoms with van der Waals surface area (Å²) in [5.74, 6) is 0.000166. The Balaban J connectivity index is 1.74. The highest BCUT2D eigenvalue weighted by Crippen LogP contribution is 2.13. The Morgan fingerprint density at radius 1 is 1.08 bits per heavy atom. The third kappa shape index (κ3) is 3.81. The molecule has 3 aromatic rings. The van der Waals surface area contributed by atoms with Gasteiger partial charge in [0.05, 0.1) is 11.3 Å². The van der Waals surface area contributed by atoms with Crippen molar-refractivity contribution in [3.05, 3.63) is 89.3 Å². The zero-order valence-electron chi connectivity index (χ0n) is 13.2. The number of nitrogens with zero attached hydrogens (tertiary/aromatic N) is 2. The molecule has 1 N–H and O–H groups in total. The highest BCUT2D eigenvalue weighted by atomic mass is 19.1. The van der Waals surface area contributed by atoms with Gasteiger partial charge in [0.1, 0.15) is 11.6 Å². The number of hydrogen-bond donors (Lipinski definition) is 1. The van der Waals surface area contributed by atoms with Crippen LogP contribution in [0.15, 0.2) is 60.8 Å². The molecule has 1 amide bonds. The van der Waals surface area contributed by atoms with Crippen molar-refractivity contribution in [3.63, 3.8) is 0 Å². The Morgan fingerprint density at radius 2 is 1.79 bits per heavy atom. The molecule has 3 rings (SSSR count). The van der Waals surface area contributed by atoms with E-state index in [0.29, 0.717) is 29.2 Å². The fourth-order valence-corrected chi connectivity index (χ4v) is 2.33. The molecule has 0 saturated carbocycles. The molecule has 5 heteroatoms. The van der Waals surface area contributed by atoms with Crippen LogP contribution in [-0.4, -0.2) is 15.9 Å². The number of nitrogens with one attached hydrogen (secondary N) is 1. The van der Waals surface area contributed by atoms with Gasteiger partial charge in [-0.2, -0.15) is 0 Å². The summed E-state index contributed by atoms with van der Waals surface area (Å²) >= 11 is 0. The standard InChI is InChI=1S/C19H16FN3O/c1-13-17(19(24)23-16-9-7-15(20)8-10-16)12-21-18(22-13)11-14-5-3-2-4-6-14/h2-10,12H,11H2,1H3,(H,23,24). The molecule has 0 bridgehead atoms. The molecule has 0 spiro atoms. The number of rotatable bonds is 4. The van der Waals surface area contributed by atoms with Gasteiger partial charge in [0.25, 0.3) is 5.91 Å². The summed E-state index contributed by atoms with van der Waals surface area (Å²) in [5, 5.41) is 2.71. The van der Waals surface area contributed by atoms with Crippen molar-refractivity contribution in [2.75, 3.05) is 5.32 Å². The first-order valence-corrected chi connectivity index (χ1v) is 7.55. The van der Waals surface area contributed by atoms with Gasteiger partial charge >= 0.3 is 0 Å². The maximum atomic E-state index is 12.9. The van der Waals surface area contributed by atoms with Crippen LogP contribution in [0.5, 0.6) is 0 Å². The van der Waals surface area contributed by atoms with Crippen molar-refractivity contribution in [1.82, 2.24) is 9.97 Å². The fourth-order valence-electron chi connectivity index (χ4n) is 2.33. The maximum Gasteiger partial charge on any atom is 0.259 e. The van der Waals surface area contributed by atoms with E-state index < -0.39 is 0 Å². The van der Waals surface area contributed by atoms with Crippen molar-refractivity contribution in [2.45, 2.75) is 13.3 Å². The summed E-state index contributed by atoms with van der Waals surface area (Å²) in [7, 11) is 0. The third-order valence-corrected chi connectivity index (χ3v) is 3.58. The van der Waals surface area contributed by atoms with Crippen LogP contribution in [0.1, 0.15) is 27.4 Å². The number of aromatic nitrogens is 2. The summed E-state index contributed by atoms with van der Waals surface area (Å²) in [5.41, 5.74) is 2.64. The molecule has 0 aliphatic carbocycles. The Bertz CT molecular complexity index is 848.